The summed E-state index contributed by atoms with van der Waals surface area (Å²) < 4.78 is 0. The Bertz CT molecular complexity index is 298. The van der Waals surface area contributed by atoms with E-state index < -0.39 is 5.97 Å². The van der Waals surface area contributed by atoms with Gasteiger partial charge in [0.1, 0.15) is 5.82 Å². The number of nitrogens with two attached hydrogens (primary N) is 1. The van der Waals surface area contributed by atoms with Crippen LogP contribution in [0, 0.1) is 6.92 Å². The van der Waals surface area contributed by atoms with E-state index in [0.717, 1.165) is 0 Å². The topological polar surface area (TPSA) is 89.1 Å². The number of hydrogen-bond donors (Lipinski definition) is 2. The van der Waals surface area contributed by atoms with E-state index in [2.05, 4.69) is 10.2 Å². The average molecular weight is 153 g/mol. The second-order valence-corrected chi connectivity index (χ2v) is 2.10. The number of nitrogen functional groups attached to an aromatic ring is 1. The van der Waals surface area contributed by atoms with Gasteiger partial charge < -0.3 is 10.8 Å². The van der Waals surface area contributed by atoms with E-state index >= 15 is 0 Å². The minimum Gasteiger partial charge on any atom is -0.476 e. The molecule has 5 nitrogen and oxygen atoms in total. The second-order valence-electron chi connectivity index (χ2n) is 2.10. The van der Waals surface area contributed by atoms with Crippen LogP contribution in [0.25, 0.3) is 0 Å². The van der Waals surface area contributed by atoms with E-state index in [1.54, 1.807) is 6.92 Å². The summed E-state index contributed by atoms with van der Waals surface area (Å²) in [5.74, 6) is -0.837. The molecule has 5 heteroatoms. The highest BCUT2D eigenvalue weighted by Crippen LogP contribution is 2.05. The van der Waals surface area contributed by atoms with E-state index in [-0.39, 0.29) is 11.5 Å². The minimum absolute atomic E-state index is 0.0864. The van der Waals surface area contributed by atoms with Crippen LogP contribution in [0.2, 0.25) is 0 Å². The van der Waals surface area contributed by atoms with Crippen LogP contribution in [-0.4, -0.2) is 21.3 Å². The molecular weight excluding hydrogens is 146 g/mol. The molecule has 0 spiro atoms. The van der Waals surface area contributed by atoms with Crippen molar-refractivity contribution < 1.29 is 9.90 Å². The van der Waals surface area contributed by atoms with Crippen molar-refractivity contribution in [3.05, 3.63) is 17.3 Å². The summed E-state index contributed by atoms with van der Waals surface area (Å²) in [6, 6.07) is 1.38. The second kappa shape index (κ2) is 2.53. The third kappa shape index (κ3) is 1.43. The number of carboxylic acid groups (broad SMARTS) is 1. The Kier molecular flexibility index (Phi) is 1.72. The summed E-state index contributed by atoms with van der Waals surface area (Å²) in [7, 11) is 0. The van der Waals surface area contributed by atoms with Crippen LogP contribution >= 0.6 is 0 Å². The zero-order valence-electron chi connectivity index (χ0n) is 5.90. The molecule has 0 aromatic carbocycles. The van der Waals surface area contributed by atoms with E-state index in [1.807, 2.05) is 0 Å². The molecule has 0 bridgehead atoms. The molecule has 0 aliphatic heterocycles. The Hall–Kier alpha value is -1.65. The van der Waals surface area contributed by atoms with Gasteiger partial charge in [0.2, 0.25) is 0 Å². The lowest BCUT2D eigenvalue weighted by Crippen LogP contribution is -2.05. The first-order valence-corrected chi connectivity index (χ1v) is 2.94. The zero-order chi connectivity index (χ0) is 8.43. The highest BCUT2D eigenvalue weighted by Gasteiger charge is 2.06. The van der Waals surface area contributed by atoms with Crippen molar-refractivity contribution in [2.45, 2.75) is 6.92 Å². The number of rotatable bonds is 1. The first kappa shape index (κ1) is 7.46. The quantitative estimate of drug-likeness (QED) is 0.595. The predicted molar refractivity (Wildman–Crippen MR) is 38.1 cm³/mol. The largest absolute Gasteiger partial charge is 0.476 e. The number of aromatic carboxylic acids is 1. The molecule has 1 aromatic rings. The zero-order valence-corrected chi connectivity index (χ0v) is 5.90. The fraction of sp³-hybridized carbons (Fsp3) is 0.167. The summed E-state index contributed by atoms with van der Waals surface area (Å²) >= 11 is 0. The van der Waals surface area contributed by atoms with E-state index in [4.69, 9.17) is 10.8 Å². The van der Waals surface area contributed by atoms with Gasteiger partial charge in [-0.3, -0.25) is 0 Å². The smallest absolute Gasteiger partial charge is 0.356 e. The van der Waals surface area contributed by atoms with Gasteiger partial charge in [0.15, 0.2) is 5.69 Å². The fourth-order valence-electron chi connectivity index (χ4n) is 0.599. The monoisotopic (exact) mass is 153 g/mol. The van der Waals surface area contributed by atoms with Crippen molar-refractivity contribution in [2.24, 2.45) is 0 Å². The SMILES string of the molecule is Cc1cc(C(=O)O)nnc1N. The van der Waals surface area contributed by atoms with Crippen LogP contribution in [0.1, 0.15) is 16.1 Å². The molecule has 0 saturated carbocycles. The van der Waals surface area contributed by atoms with Crippen LogP contribution in [0.4, 0.5) is 5.82 Å². The fourth-order valence-corrected chi connectivity index (χ4v) is 0.599. The van der Waals surface area contributed by atoms with Gasteiger partial charge in [0.25, 0.3) is 0 Å². The molecule has 0 aliphatic rings. The van der Waals surface area contributed by atoms with Crippen LogP contribution < -0.4 is 5.73 Å². The van der Waals surface area contributed by atoms with E-state index in [1.165, 1.54) is 6.07 Å². The molecule has 0 fully saturated rings. The van der Waals surface area contributed by atoms with Crippen molar-refractivity contribution in [1.29, 1.82) is 0 Å². The molecular formula is C6H7N3O2. The number of carbonyl (C=O) groups is 1. The molecule has 1 heterocycles. The van der Waals surface area contributed by atoms with Gasteiger partial charge in [-0.2, -0.15) is 0 Å². The summed E-state index contributed by atoms with van der Waals surface area (Å²) in [5.41, 5.74) is 5.86. The normalized spacial score (nSPS) is 9.55. The van der Waals surface area contributed by atoms with Crippen LogP contribution in [-0.2, 0) is 0 Å². The maximum absolute atomic E-state index is 10.3. The van der Waals surface area contributed by atoms with Gasteiger partial charge in [0.05, 0.1) is 0 Å². The number of aryl methyl sites for hydroxylation is 1. The standard InChI is InChI=1S/C6H7N3O2/c1-3-2-4(6(10)11)8-9-5(3)7/h2H,1H3,(H2,7,9)(H,10,11). The highest BCUT2D eigenvalue weighted by molar-refractivity contribution is 5.85. The minimum atomic E-state index is -1.10. The Balaban J connectivity index is 3.15. The van der Waals surface area contributed by atoms with Gasteiger partial charge in [-0.05, 0) is 18.6 Å². The molecule has 58 valence electrons. The number of aromatic nitrogens is 2. The highest BCUT2D eigenvalue weighted by atomic mass is 16.4. The maximum Gasteiger partial charge on any atom is 0.356 e. The summed E-state index contributed by atoms with van der Waals surface area (Å²) in [5, 5.41) is 15.3. The lowest BCUT2D eigenvalue weighted by molar-refractivity contribution is 0.0689. The third-order valence-corrected chi connectivity index (χ3v) is 1.24. The summed E-state index contributed by atoms with van der Waals surface area (Å²) in [6.07, 6.45) is 0. The molecule has 3 N–H and O–H groups in total. The Labute approximate surface area is 62.9 Å². The van der Waals surface area contributed by atoms with Crippen molar-refractivity contribution in [3.8, 4) is 0 Å². The number of anilines is 1. The Morgan fingerprint density at radius 1 is 1.64 bits per heavy atom. The third-order valence-electron chi connectivity index (χ3n) is 1.24. The molecule has 11 heavy (non-hydrogen) atoms. The molecule has 0 atom stereocenters. The molecule has 0 aliphatic carbocycles. The number of hydrogen-bond acceptors (Lipinski definition) is 4. The molecule has 1 aromatic heterocycles. The van der Waals surface area contributed by atoms with Gasteiger partial charge in [0, 0.05) is 0 Å². The maximum atomic E-state index is 10.3. The van der Waals surface area contributed by atoms with Crippen LogP contribution in [0.15, 0.2) is 6.07 Å². The van der Waals surface area contributed by atoms with Crippen LogP contribution in [0.3, 0.4) is 0 Å². The van der Waals surface area contributed by atoms with Gasteiger partial charge >= 0.3 is 5.97 Å². The Morgan fingerprint density at radius 2 is 2.27 bits per heavy atom. The summed E-state index contributed by atoms with van der Waals surface area (Å²) in [4.78, 5) is 10.3. The first-order chi connectivity index (χ1) is 5.11. The van der Waals surface area contributed by atoms with Crippen LogP contribution in [0.5, 0.6) is 0 Å². The van der Waals surface area contributed by atoms with E-state index in [0.29, 0.717) is 5.56 Å². The molecule has 0 unspecified atom stereocenters. The lowest BCUT2D eigenvalue weighted by Gasteiger charge is -1.96. The van der Waals surface area contributed by atoms with Crippen molar-refractivity contribution in [3.63, 3.8) is 0 Å². The predicted octanol–water partition coefficient (Wildman–Crippen LogP) is 0.0654. The van der Waals surface area contributed by atoms with Gasteiger partial charge in [-0.1, -0.05) is 0 Å². The summed E-state index contributed by atoms with van der Waals surface area (Å²) in [6.45, 7) is 1.68. The van der Waals surface area contributed by atoms with Gasteiger partial charge in [-0.25, -0.2) is 4.79 Å². The lowest BCUT2D eigenvalue weighted by atomic mass is 10.3. The van der Waals surface area contributed by atoms with E-state index in [9.17, 15) is 4.79 Å². The average Bonchev–Trinajstić information content (AvgIpc) is 1.94. The molecule has 0 saturated heterocycles. The molecule has 1 rings (SSSR count). The number of carboxylic acids is 1. The Morgan fingerprint density at radius 3 is 2.73 bits per heavy atom. The molecule has 0 radical (unpaired) electrons. The van der Waals surface area contributed by atoms with Crippen molar-refractivity contribution in [1.82, 2.24) is 10.2 Å². The van der Waals surface area contributed by atoms with Crippen molar-refractivity contribution >= 4 is 11.8 Å². The molecule has 0 amide bonds. The first-order valence-electron chi connectivity index (χ1n) is 2.94. The number of nitrogens with zero attached hydrogens (tertiary/aromatic N) is 2. The van der Waals surface area contributed by atoms with Crippen molar-refractivity contribution in [2.75, 3.05) is 5.73 Å². The van der Waals surface area contributed by atoms with Gasteiger partial charge in [-0.15, -0.1) is 10.2 Å².